The van der Waals surface area contributed by atoms with Gasteiger partial charge in [-0.3, -0.25) is 0 Å². The van der Waals surface area contributed by atoms with Crippen molar-refractivity contribution in [1.29, 1.82) is 0 Å². The summed E-state index contributed by atoms with van der Waals surface area (Å²) in [6.45, 7) is 0. The minimum atomic E-state index is 0.632. The van der Waals surface area contributed by atoms with Crippen molar-refractivity contribution in [2.24, 2.45) is 15.9 Å². The van der Waals surface area contributed by atoms with Crippen molar-refractivity contribution in [2.75, 3.05) is 0 Å². The van der Waals surface area contributed by atoms with Gasteiger partial charge in [0, 0.05) is 12.1 Å². The SMILES string of the molecule is NC1=NN=C(CCc2ccccc2)C1. The number of nitrogens with two attached hydrogens (primary N) is 1. The second-order valence-electron chi connectivity index (χ2n) is 3.42. The van der Waals surface area contributed by atoms with E-state index in [1.807, 2.05) is 6.07 Å². The summed E-state index contributed by atoms with van der Waals surface area (Å²) in [5.41, 5.74) is 7.95. The van der Waals surface area contributed by atoms with Crippen LogP contribution in [0.1, 0.15) is 18.4 Å². The zero-order valence-corrected chi connectivity index (χ0v) is 7.98. The van der Waals surface area contributed by atoms with Crippen LogP contribution in [0.25, 0.3) is 0 Å². The monoisotopic (exact) mass is 187 g/mol. The molecule has 14 heavy (non-hydrogen) atoms. The lowest BCUT2D eigenvalue weighted by atomic mass is 10.1. The summed E-state index contributed by atoms with van der Waals surface area (Å²) in [5, 5.41) is 7.82. The largest absolute Gasteiger partial charge is 0.385 e. The Hall–Kier alpha value is -1.64. The lowest BCUT2D eigenvalue weighted by Crippen LogP contribution is -2.12. The molecule has 2 rings (SSSR count). The van der Waals surface area contributed by atoms with E-state index in [4.69, 9.17) is 5.73 Å². The topological polar surface area (TPSA) is 50.7 Å². The third-order valence-corrected chi connectivity index (χ3v) is 2.25. The lowest BCUT2D eigenvalue weighted by Gasteiger charge is -1.99. The average Bonchev–Trinajstić information content (AvgIpc) is 2.63. The molecule has 0 aliphatic carbocycles. The summed E-state index contributed by atoms with van der Waals surface area (Å²) in [6, 6.07) is 10.4. The molecule has 1 aliphatic rings. The van der Waals surface area contributed by atoms with Crippen LogP contribution in [0.3, 0.4) is 0 Å². The Morgan fingerprint density at radius 3 is 2.50 bits per heavy atom. The molecule has 3 heteroatoms. The van der Waals surface area contributed by atoms with Gasteiger partial charge < -0.3 is 5.73 Å². The van der Waals surface area contributed by atoms with Crippen molar-refractivity contribution in [1.82, 2.24) is 0 Å². The number of aryl methyl sites for hydroxylation is 1. The fourth-order valence-corrected chi connectivity index (χ4v) is 1.49. The Morgan fingerprint density at radius 2 is 1.86 bits per heavy atom. The maximum Gasteiger partial charge on any atom is 0.128 e. The van der Waals surface area contributed by atoms with Crippen LogP contribution in [0.2, 0.25) is 0 Å². The maximum absolute atomic E-state index is 5.53. The van der Waals surface area contributed by atoms with Crippen molar-refractivity contribution < 1.29 is 0 Å². The number of hydrogen-bond acceptors (Lipinski definition) is 3. The fraction of sp³-hybridized carbons (Fsp3) is 0.273. The van der Waals surface area contributed by atoms with E-state index in [-0.39, 0.29) is 0 Å². The molecule has 1 aliphatic heterocycles. The summed E-state index contributed by atoms with van der Waals surface area (Å²) in [6.07, 6.45) is 2.71. The Labute approximate surface area is 83.4 Å². The highest BCUT2D eigenvalue weighted by atomic mass is 15.3. The fourth-order valence-electron chi connectivity index (χ4n) is 1.49. The second kappa shape index (κ2) is 4.05. The number of rotatable bonds is 3. The smallest absolute Gasteiger partial charge is 0.128 e. The van der Waals surface area contributed by atoms with Gasteiger partial charge >= 0.3 is 0 Å². The predicted octanol–water partition coefficient (Wildman–Crippen LogP) is 1.74. The zero-order chi connectivity index (χ0) is 9.80. The van der Waals surface area contributed by atoms with E-state index in [2.05, 4.69) is 34.5 Å². The first-order valence-electron chi connectivity index (χ1n) is 4.76. The molecule has 0 unspecified atom stereocenters. The molecular formula is C11H13N3. The maximum atomic E-state index is 5.53. The Balaban J connectivity index is 1.85. The van der Waals surface area contributed by atoms with Crippen molar-refractivity contribution in [3.05, 3.63) is 35.9 Å². The van der Waals surface area contributed by atoms with Gasteiger partial charge in [-0.15, -0.1) is 5.10 Å². The highest BCUT2D eigenvalue weighted by molar-refractivity contribution is 6.05. The normalized spacial score (nSPS) is 15.1. The quantitative estimate of drug-likeness (QED) is 0.769. The van der Waals surface area contributed by atoms with Crippen LogP contribution in [-0.4, -0.2) is 11.5 Å². The molecule has 0 fully saturated rings. The molecule has 0 amide bonds. The van der Waals surface area contributed by atoms with Gasteiger partial charge in [0.1, 0.15) is 5.84 Å². The summed E-state index contributed by atoms with van der Waals surface area (Å²) < 4.78 is 0. The van der Waals surface area contributed by atoms with Crippen molar-refractivity contribution >= 4 is 11.5 Å². The van der Waals surface area contributed by atoms with Crippen LogP contribution < -0.4 is 5.73 Å². The van der Waals surface area contributed by atoms with Gasteiger partial charge in [0.15, 0.2) is 0 Å². The number of hydrogen-bond donors (Lipinski definition) is 1. The molecule has 0 bridgehead atoms. The molecule has 1 heterocycles. The van der Waals surface area contributed by atoms with Gasteiger partial charge in [-0.2, -0.15) is 5.10 Å². The molecule has 0 saturated heterocycles. The van der Waals surface area contributed by atoms with Gasteiger partial charge in [0.2, 0.25) is 0 Å². The van der Waals surface area contributed by atoms with Gasteiger partial charge in [-0.1, -0.05) is 30.3 Å². The van der Waals surface area contributed by atoms with E-state index in [1.165, 1.54) is 5.56 Å². The molecule has 0 spiro atoms. The molecule has 2 N–H and O–H groups in total. The molecule has 0 saturated carbocycles. The number of amidine groups is 1. The average molecular weight is 187 g/mol. The first-order chi connectivity index (χ1) is 6.84. The molecule has 0 atom stereocenters. The molecule has 1 aromatic rings. The number of nitrogens with zero attached hydrogens (tertiary/aromatic N) is 2. The molecule has 0 radical (unpaired) electrons. The minimum absolute atomic E-state index is 0.632. The van der Waals surface area contributed by atoms with E-state index >= 15 is 0 Å². The van der Waals surface area contributed by atoms with Crippen LogP contribution in [0.4, 0.5) is 0 Å². The first-order valence-corrected chi connectivity index (χ1v) is 4.76. The van der Waals surface area contributed by atoms with Crippen LogP contribution >= 0.6 is 0 Å². The molecular weight excluding hydrogens is 174 g/mol. The van der Waals surface area contributed by atoms with E-state index < -0.39 is 0 Å². The standard InChI is InChI=1S/C11H13N3/c12-11-8-10(13-14-11)7-6-9-4-2-1-3-5-9/h1-5H,6-8H2,(H2,12,14). The van der Waals surface area contributed by atoms with Crippen LogP contribution in [-0.2, 0) is 6.42 Å². The van der Waals surface area contributed by atoms with E-state index in [0.29, 0.717) is 5.84 Å². The second-order valence-corrected chi connectivity index (χ2v) is 3.42. The summed E-state index contributed by atoms with van der Waals surface area (Å²) in [7, 11) is 0. The minimum Gasteiger partial charge on any atom is -0.385 e. The third kappa shape index (κ3) is 2.19. The van der Waals surface area contributed by atoms with Crippen LogP contribution in [0.5, 0.6) is 0 Å². The van der Waals surface area contributed by atoms with Gasteiger partial charge in [-0.05, 0) is 18.4 Å². The first kappa shape index (κ1) is 8.94. The van der Waals surface area contributed by atoms with Gasteiger partial charge in [0.05, 0.1) is 0 Å². The highest BCUT2D eigenvalue weighted by Gasteiger charge is 2.08. The third-order valence-electron chi connectivity index (χ3n) is 2.25. The Morgan fingerprint density at radius 1 is 1.07 bits per heavy atom. The van der Waals surface area contributed by atoms with Gasteiger partial charge in [0.25, 0.3) is 0 Å². The summed E-state index contributed by atoms with van der Waals surface area (Å²) in [4.78, 5) is 0. The van der Waals surface area contributed by atoms with E-state index in [9.17, 15) is 0 Å². The highest BCUT2D eigenvalue weighted by Crippen LogP contribution is 2.08. The lowest BCUT2D eigenvalue weighted by molar-refractivity contribution is 1.02. The molecule has 0 aromatic heterocycles. The number of benzene rings is 1. The summed E-state index contributed by atoms with van der Waals surface area (Å²) >= 11 is 0. The van der Waals surface area contributed by atoms with Gasteiger partial charge in [-0.25, -0.2) is 0 Å². The summed E-state index contributed by atoms with van der Waals surface area (Å²) in [5.74, 6) is 0.632. The molecule has 1 aromatic carbocycles. The Kier molecular flexibility index (Phi) is 2.58. The zero-order valence-electron chi connectivity index (χ0n) is 7.98. The molecule has 72 valence electrons. The molecule has 3 nitrogen and oxygen atoms in total. The van der Waals surface area contributed by atoms with Crippen LogP contribution in [0, 0.1) is 0 Å². The van der Waals surface area contributed by atoms with E-state index in [0.717, 1.165) is 25.0 Å². The van der Waals surface area contributed by atoms with E-state index in [1.54, 1.807) is 0 Å². The predicted molar refractivity (Wildman–Crippen MR) is 58.4 cm³/mol. The van der Waals surface area contributed by atoms with Crippen molar-refractivity contribution in [3.63, 3.8) is 0 Å². The Bertz CT molecular complexity index is 365. The van der Waals surface area contributed by atoms with Crippen LogP contribution in [0.15, 0.2) is 40.5 Å². The van der Waals surface area contributed by atoms with Crippen molar-refractivity contribution in [3.8, 4) is 0 Å². The van der Waals surface area contributed by atoms with Crippen molar-refractivity contribution in [2.45, 2.75) is 19.3 Å².